The number of aldehydes is 1. The number of hydrogen-bond acceptors (Lipinski definition) is 5. The van der Waals surface area contributed by atoms with Gasteiger partial charge in [-0.25, -0.2) is 0 Å². The number of methoxy groups -OCH3 is 1. The van der Waals surface area contributed by atoms with E-state index >= 15 is 0 Å². The number of ether oxygens (including phenoxy) is 2. The van der Waals surface area contributed by atoms with Gasteiger partial charge in [-0.05, 0) is 49.2 Å². The number of aryl methyl sites for hydroxylation is 2. The summed E-state index contributed by atoms with van der Waals surface area (Å²) in [5.41, 5.74) is 4.02. The molecule has 2 aromatic carbocycles. The number of carbonyl (C=O) groups excluding carboxylic acids is 1. The van der Waals surface area contributed by atoms with E-state index < -0.39 is 0 Å². The fourth-order valence-electron chi connectivity index (χ4n) is 2.79. The Bertz CT molecular complexity index is 875. The number of benzene rings is 2. The predicted octanol–water partition coefficient (Wildman–Crippen LogP) is 4.36. The van der Waals surface area contributed by atoms with Gasteiger partial charge < -0.3 is 14.0 Å². The predicted molar refractivity (Wildman–Crippen MR) is 94.1 cm³/mol. The lowest BCUT2D eigenvalue weighted by atomic mass is 10.1. The molecule has 1 heterocycles. The number of carbonyl (C=O) groups is 1. The van der Waals surface area contributed by atoms with Gasteiger partial charge in [0.05, 0.1) is 7.11 Å². The Labute approximate surface area is 146 Å². The van der Waals surface area contributed by atoms with Crippen LogP contribution in [0.2, 0.25) is 0 Å². The fourth-order valence-corrected chi connectivity index (χ4v) is 2.79. The van der Waals surface area contributed by atoms with Crippen molar-refractivity contribution < 1.29 is 18.8 Å². The molecular weight excluding hydrogens is 318 g/mol. The molecular formula is C20H19NO4. The summed E-state index contributed by atoms with van der Waals surface area (Å²) in [6, 6.07) is 13.1. The van der Waals surface area contributed by atoms with E-state index in [1.165, 1.54) is 0 Å². The normalized spacial score (nSPS) is 10.5. The molecule has 0 aliphatic heterocycles. The summed E-state index contributed by atoms with van der Waals surface area (Å²) in [4.78, 5) is 10.9. The molecule has 0 saturated carbocycles. The maximum Gasteiger partial charge on any atom is 0.174 e. The maximum atomic E-state index is 10.9. The van der Waals surface area contributed by atoms with E-state index in [9.17, 15) is 4.79 Å². The van der Waals surface area contributed by atoms with Crippen molar-refractivity contribution in [1.82, 2.24) is 5.16 Å². The highest BCUT2D eigenvalue weighted by Crippen LogP contribution is 2.30. The molecule has 3 aromatic rings. The molecule has 0 N–H and O–H groups in total. The summed E-state index contributed by atoms with van der Waals surface area (Å²) < 4.78 is 16.6. The molecule has 0 amide bonds. The van der Waals surface area contributed by atoms with Gasteiger partial charge in [-0.3, -0.25) is 4.79 Å². The van der Waals surface area contributed by atoms with Gasteiger partial charge >= 0.3 is 0 Å². The molecule has 1 aromatic heterocycles. The molecule has 5 nitrogen and oxygen atoms in total. The van der Waals surface area contributed by atoms with Crippen LogP contribution in [-0.4, -0.2) is 18.6 Å². The summed E-state index contributed by atoms with van der Waals surface area (Å²) in [6.45, 7) is 4.08. The van der Waals surface area contributed by atoms with E-state index in [-0.39, 0.29) is 6.61 Å². The number of nitrogens with zero attached hydrogens (tertiary/aromatic N) is 1. The minimum atomic E-state index is 0.254. The Kier molecular flexibility index (Phi) is 4.84. The van der Waals surface area contributed by atoms with Gasteiger partial charge in [-0.1, -0.05) is 17.3 Å². The zero-order valence-corrected chi connectivity index (χ0v) is 14.4. The highest BCUT2D eigenvalue weighted by molar-refractivity contribution is 5.76. The smallest absolute Gasteiger partial charge is 0.174 e. The minimum absolute atomic E-state index is 0.254. The molecule has 0 bridgehead atoms. The van der Waals surface area contributed by atoms with Crippen molar-refractivity contribution in [2.45, 2.75) is 20.5 Å². The monoisotopic (exact) mass is 337 g/mol. The summed E-state index contributed by atoms with van der Waals surface area (Å²) in [6.07, 6.45) is 0.833. The Morgan fingerprint density at radius 1 is 1.12 bits per heavy atom. The third kappa shape index (κ3) is 3.55. The van der Waals surface area contributed by atoms with E-state index in [4.69, 9.17) is 14.0 Å². The standard InChI is InChI=1S/C20H19NO4/c1-13-8-15(11-22)9-14(2)20(13)24-12-16-10-18(21-25-16)17-6-4-5-7-19(17)23-3/h4-11H,12H2,1-3H3. The Balaban J connectivity index is 1.78. The van der Waals surface area contributed by atoms with Crippen LogP contribution in [0.5, 0.6) is 11.5 Å². The fraction of sp³-hybridized carbons (Fsp3) is 0.200. The quantitative estimate of drug-likeness (QED) is 0.626. The van der Waals surface area contributed by atoms with Gasteiger partial charge in [-0.2, -0.15) is 0 Å². The first-order valence-electron chi connectivity index (χ1n) is 7.90. The molecule has 5 heteroatoms. The minimum Gasteiger partial charge on any atom is -0.496 e. The summed E-state index contributed by atoms with van der Waals surface area (Å²) in [7, 11) is 1.62. The van der Waals surface area contributed by atoms with Crippen LogP contribution in [0.15, 0.2) is 47.0 Å². The first kappa shape index (κ1) is 16.8. The largest absolute Gasteiger partial charge is 0.496 e. The molecule has 0 radical (unpaired) electrons. The summed E-state index contributed by atoms with van der Waals surface area (Å²) in [5, 5.41) is 4.10. The molecule has 0 spiro atoms. The lowest BCUT2D eigenvalue weighted by Gasteiger charge is -2.11. The molecule has 0 unspecified atom stereocenters. The molecule has 128 valence electrons. The first-order valence-corrected chi connectivity index (χ1v) is 7.90. The number of rotatable bonds is 6. The van der Waals surface area contributed by atoms with Crippen LogP contribution >= 0.6 is 0 Å². The average Bonchev–Trinajstić information content (AvgIpc) is 3.09. The van der Waals surface area contributed by atoms with Crippen molar-refractivity contribution in [3.05, 3.63) is 64.9 Å². The zero-order valence-electron chi connectivity index (χ0n) is 14.4. The highest BCUT2D eigenvalue weighted by Gasteiger charge is 2.13. The van der Waals surface area contributed by atoms with Crippen LogP contribution in [-0.2, 0) is 6.61 Å². The highest BCUT2D eigenvalue weighted by atomic mass is 16.5. The van der Waals surface area contributed by atoms with E-state index in [0.717, 1.165) is 34.5 Å². The Morgan fingerprint density at radius 3 is 2.52 bits per heavy atom. The van der Waals surface area contributed by atoms with Crippen LogP contribution in [0.1, 0.15) is 27.2 Å². The number of aromatic nitrogens is 1. The summed E-state index contributed by atoms with van der Waals surface area (Å²) in [5.74, 6) is 2.10. The summed E-state index contributed by atoms with van der Waals surface area (Å²) >= 11 is 0. The SMILES string of the molecule is COc1ccccc1-c1cc(COc2c(C)cc(C=O)cc2C)on1. The van der Waals surface area contributed by atoms with Gasteiger partial charge in [0.25, 0.3) is 0 Å². The molecule has 25 heavy (non-hydrogen) atoms. The van der Waals surface area contributed by atoms with Gasteiger partial charge in [0.2, 0.25) is 0 Å². The second-order valence-corrected chi connectivity index (χ2v) is 5.77. The van der Waals surface area contributed by atoms with Gasteiger partial charge in [0.15, 0.2) is 5.76 Å². The van der Waals surface area contributed by atoms with Crippen molar-refractivity contribution in [3.63, 3.8) is 0 Å². The van der Waals surface area contributed by atoms with E-state index in [2.05, 4.69) is 5.16 Å². The molecule has 0 saturated heterocycles. The number of hydrogen-bond donors (Lipinski definition) is 0. The maximum absolute atomic E-state index is 10.9. The third-order valence-corrected chi connectivity index (χ3v) is 3.92. The van der Waals surface area contributed by atoms with Crippen molar-refractivity contribution in [2.24, 2.45) is 0 Å². The van der Waals surface area contributed by atoms with E-state index in [1.807, 2.05) is 44.2 Å². The molecule has 0 atom stereocenters. The molecule has 0 fully saturated rings. The van der Waals surface area contributed by atoms with Crippen LogP contribution < -0.4 is 9.47 Å². The van der Waals surface area contributed by atoms with E-state index in [0.29, 0.717) is 17.0 Å². The van der Waals surface area contributed by atoms with E-state index in [1.54, 1.807) is 19.2 Å². The number of para-hydroxylation sites is 1. The topological polar surface area (TPSA) is 61.6 Å². The van der Waals surface area contributed by atoms with Crippen LogP contribution in [0.25, 0.3) is 11.3 Å². The Hall–Kier alpha value is -3.08. The van der Waals surface area contributed by atoms with Crippen molar-refractivity contribution >= 4 is 6.29 Å². The first-order chi connectivity index (χ1) is 12.1. The second kappa shape index (κ2) is 7.21. The second-order valence-electron chi connectivity index (χ2n) is 5.77. The van der Waals surface area contributed by atoms with Gasteiger partial charge in [0.1, 0.15) is 30.1 Å². The van der Waals surface area contributed by atoms with Gasteiger partial charge in [-0.15, -0.1) is 0 Å². The molecule has 3 rings (SSSR count). The van der Waals surface area contributed by atoms with Crippen molar-refractivity contribution in [3.8, 4) is 22.8 Å². The lowest BCUT2D eigenvalue weighted by molar-refractivity contribution is 0.112. The molecule has 0 aliphatic carbocycles. The van der Waals surface area contributed by atoms with Crippen LogP contribution in [0.3, 0.4) is 0 Å². The van der Waals surface area contributed by atoms with Crippen molar-refractivity contribution in [2.75, 3.05) is 7.11 Å². The van der Waals surface area contributed by atoms with Crippen LogP contribution in [0.4, 0.5) is 0 Å². The lowest BCUT2D eigenvalue weighted by Crippen LogP contribution is -1.99. The Morgan fingerprint density at radius 2 is 1.84 bits per heavy atom. The zero-order chi connectivity index (χ0) is 17.8. The average molecular weight is 337 g/mol. The molecule has 0 aliphatic rings. The van der Waals surface area contributed by atoms with Gasteiger partial charge in [0, 0.05) is 17.2 Å². The van der Waals surface area contributed by atoms with Crippen LogP contribution in [0, 0.1) is 13.8 Å². The van der Waals surface area contributed by atoms with Crippen molar-refractivity contribution in [1.29, 1.82) is 0 Å². The third-order valence-electron chi connectivity index (χ3n) is 3.92.